The van der Waals surface area contributed by atoms with E-state index in [-0.39, 0.29) is 18.0 Å². The number of likely N-dealkylation sites (N-methyl/N-ethyl adjacent to an activating group) is 1. The maximum Gasteiger partial charge on any atom is 0.337 e. The Labute approximate surface area is 228 Å². The molecule has 4 N–H and O–H groups in total. The largest absolute Gasteiger partial charge is 0.495 e. The number of nitrogens with zero attached hydrogens (tertiary/aromatic N) is 3. The number of anilines is 1. The van der Waals surface area contributed by atoms with E-state index in [1.54, 1.807) is 25.3 Å². The van der Waals surface area contributed by atoms with E-state index in [9.17, 15) is 18.4 Å². The van der Waals surface area contributed by atoms with Crippen LogP contribution in [0.5, 0.6) is 5.75 Å². The molecule has 2 amide bonds. The molecule has 1 aromatic rings. The number of halogens is 2. The van der Waals surface area contributed by atoms with Gasteiger partial charge in [0.15, 0.2) is 0 Å². The molecule has 1 aromatic carbocycles. The normalized spacial score (nSPS) is 29.1. The van der Waals surface area contributed by atoms with Crippen molar-refractivity contribution in [2.75, 3.05) is 52.7 Å². The number of amides is 2. The molecule has 10 nitrogen and oxygen atoms in total. The average molecular weight is 550 g/mol. The molecule has 5 rings (SSSR count). The Balaban J connectivity index is 1.29. The second-order valence-corrected chi connectivity index (χ2v) is 11.4. The Morgan fingerprint density at radius 2 is 1.85 bits per heavy atom. The van der Waals surface area contributed by atoms with Crippen LogP contribution in [0.2, 0.25) is 0 Å². The van der Waals surface area contributed by atoms with Crippen molar-refractivity contribution in [3.8, 4) is 5.75 Å². The summed E-state index contributed by atoms with van der Waals surface area (Å²) in [7, 11) is 5.09. The summed E-state index contributed by atoms with van der Waals surface area (Å²) in [5, 5.41) is 13.2. The van der Waals surface area contributed by atoms with Gasteiger partial charge in [-0.2, -0.15) is 8.78 Å². The number of hydrogen-bond acceptors (Lipinski definition) is 8. The number of carbonyl (C=O) groups excluding carboxylic acids is 2. The lowest BCUT2D eigenvalue weighted by molar-refractivity contribution is -0.156. The summed E-state index contributed by atoms with van der Waals surface area (Å²) >= 11 is 0. The molecule has 216 valence electrons. The fraction of sp³-hybridized carbons (Fsp3) is 0.704. The molecule has 3 atom stereocenters. The second kappa shape index (κ2) is 11.5. The van der Waals surface area contributed by atoms with Crippen LogP contribution in [-0.2, 0) is 4.79 Å². The third kappa shape index (κ3) is 5.98. The van der Waals surface area contributed by atoms with Crippen LogP contribution in [0.4, 0.5) is 14.5 Å². The number of hydrogen-bond donors (Lipinski definition) is 4. The van der Waals surface area contributed by atoms with Gasteiger partial charge in [-0.3, -0.25) is 25.1 Å². The van der Waals surface area contributed by atoms with Crippen molar-refractivity contribution in [3.05, 3.63) is 23.8 Å². The van der Waals surface area contributed by atoms with Crippen molar-refractivity contribution in [2.24, 2.45) is 0 Å². The SMILES string of the molecule is COc1cc(C(=O)NC2CCN(C)CC2)ccc1NC1NCC2C(N1)N(C1CCCC1)CC(F)(F)C(=O)N2C. The van der Waals surface area contributed by atoms with E-state index in [1.165, 1.54) is 11.9 Å². The van der Waals surface area contributed by atoms with Crippen LogP contribution in [0.15, 0.2) is 18.2 Å². The number of rotatable bonds is 6. The molecule has 1 aliphatic carbocycles. The Morgan fingerprint density at radius 1 is 1.13 bits per heavy atom. The predicted molar refractivity (Wildman–Crippen MR) is 144 cm³/mol. The summed E-state index contributed by atoms with van der Waals surface area (Å²) in [6, 6.07) is 4.97. The highest BCUT2D eigenvalue weighted by Crippen LogP contribution is 2.34. The van der Waals surface area contributed by atoms with Gasteiger partial charge in [0.2, 0.25) is 0 Å². The van der Waals surface area contributed by atoms with Gasteiger partial charge in [-0.05, 0) is 64.0 Å². The standard InChI is InChI=1S/C27H41F2N7O3/c1-34-12-10-18(11-13-34)31-24(37)17-8-9-20(22(14-17)39-3)32-26-30-15-21-23(33-26)36(19-6-4-5-7-19)16-27(28,29)25(38)35(21)2/h8-9,14,18-19,21,23,26,30,32-33H,4-7,10-13,15-16H2,1-3H3,(H,31,37). The van der Waals surface area contributed by atoms with Crippen LogP contribution in [0, 0.1) is 0 Å². The molecule has 4 aliphatic rings. The van der Waals surface area contributed by atoms with E-state index in [4.69, 9.17) is 4.74 Å². The summed E-state index contributed by atoms with van der Waals surface area (Å²) in [5.41, 5.74) is 1.17. The van der Waals surface area contributed by atoms with Crippen molar-refractivity contribution in [1.29, 1.82) is 0 Å². The van der Waals surface area contributed by atoms with Crippen molar-refractivity contribution in [2.45, 2.75) is 75.0 Å². The fourth-order valence-corrected chi connectivity index (χ4v) is 6.37. The monoisotopic (exact) mass is 549 g/mol. The second-order valence-electron chi connectivity index (χ2n) is 11.4. The van der Waals surface area contributed by atoms with E-state index < -0.39 is 36.9 Å². The van der Waals surface area contributed by atoms with E-state index in [2.05, 4.69) is 33.2 Å². The van der Waals surface area contributed by atoms with Crippen LogP contribution in [0.3, 0.4) is 0 Å². The zero-order valence-electron chi connectivity index (χ0n) is 23.0. The number of ether oxygens (including phenoxy) is 1. The fourth-order valence-electron chi connectivity index (χ4n) is 6.37. The number of carbonyl (C=O) groups is 2. The van der Waals surface area contributed by atoms with Crippen molar-refractivity contribution in [3.63, 3.8) is 0 Å². The van der Waals surface area contributed by atoms with Crippen LogP contribution in [0.25, 0.3) is 0 Å². The topological polar surface area (TPSA) is 101 Å². The van der Waals surface area contributed by atoms with Crippen LogP contribution >= 0.6 is 0 Å². The minimum atomic E-state index is -3.44. The first-order chi connectivity index (χ1) is 18.7. The number of likely N-dealkylation sites (tertiary alicyclic amines) is 1. The molecular formula is C27H41F2N7O3. The van der Waals surface area contributed by atoms with E-state index in [1.807, 2.05) is 4.90 Å². The minimum absolute atomic E-state index is 0.00539. The lowest BCUT2D eigenvalue weighted by atomic mass is 10.0. The third-order valence-electron chi connectivity index (χ3n) is 8.71. The van der Waals surface area contributed by atoms with Crippen LogP contribution in [0.1, 0.15) is 48.9 Å². The molecular weight excluding hydrogens is 508 g/mol. The lowest BCUT2D eigenvalue weighted by Crippen LogP contribution is -2.71. The van der Waals surface area contributed by atoms with Gasteiger partial charge in [-0.25, -0.2) is 0 Å². The first kappa shape index (κ1) is 28.0. The Kier molecular flexibility index (Phi) is 8.27. The quantitative estimate of drug-likeness (QED) is 0.423. The Morgan fingerprint density at radius 3 is 2.54 bits per heavy atom. The van der Waals surface area contributed by atoms with E-state index >= 15 is 0 Å². The molecule has 0 radical (unpaired) electrons. The molecule has 4 fully saturated rings. The zero-order valence-corrected chi connectivity index (χ0v) is 23.0. The molecule has 0 spiro atoms. The van der Waals surface area contributed by atoms with E-state index in [0.29, 0.717) is 23.5 Å². The smallest absolute Gasteiger partial charge is 0.337 e. The van der Waals surface area contributed by atoms with Gasteiger partial charge >= 0.3 is 5.92 Å². The molecule has 3 heterocycles. The minimum Gasteiger partial charge on any atom is -0.495 e. The molecule has 39 heavy (non-hydrogen) atoms. The molecule has 0 aromatic heterocycles. The van der Waals surface area contributed by atoms with Gasteiger partial charge in [0.05, 0.1) is 31.5 Å². The number of benzene rings is 1. The maximum absolute atomic E-state index is 14.9. The molecule has 12 heteroatoms. The Bertz CT molecular complexity index is 1050. The zero-order chi connectivity index (χ0) is 27.7. The molecule has 1 saturated carbocycles. The first-order valence-electron chi connectivity index (χ1n) is 14.0. The summed E-state index contributed by atoms with van der Waals surface area (Å²) in [4.78, 5) is 30.7. The van der Waals surface area contributed by atoms with Gasteiger partial charge < -0.3 is 25.2 Å². The molecule has 3 saturated heterocycles. The lowest BCUT2D eigenvalue weighted by Gasteiger charge is -2.46. The van der Waals surface area contributed by atoms with Crippen molar-refractivity contribution in [1.82, 2.24) is 30.7 Å². The summed E-state index contributed by atoms with van der Waals surface area (Å²) in [5.74, 6) is -4.20. The average Bonchev–Trinajstić information content (AvgIpc) is 3.45. The Hall–Kier alpha value is -2.54. The highest BCUT2D eigenvalue weighted by atomic mass is 19.3. The van der Waals surface area contributed by atoms with Gasteiger partial charge in [0.1, 0.15) is 12.0 Å². The number of methoxy groups -OCH3 is 1. The maximum atomic E-state index is 14.9. The molecule has 3 aliphatic heterocycles. The predicted octanol–water partition coefficient (Wildman–Crippen LogP) is 1.45. The summed E-state index contributed by atoms with van der Waals surface area (Å²) in [6.07, 6.45) is 4.64. The van der Waals surface area contributed by atoms with Crippen LogP contribution < -0.4 is 26.0 Å². The summed E-state index contributed by atoms with van der Waals surface area (Å²) in [6.45, 7) is 1.67. The number of fused-ring (bicyclic) bond motifs is 1. The van der Waals surface area contributed by atoms with E-state index in [0.717, 1.165) is 51.6 Å². The van der Waals surface area contributed by atoms with Crippen molar-refractivity contribution < 1.29 is 23.1 Å². The molecule has 0 bridgehead atoms. The van der Waals surface area contributed by atoms with Gasteiger partial charge in [-0.15, -0.1) is 0 Å². The summed E-state index contributed by atoms with van der Waals surface area (Å²) < 4.78 is 35.4. The van der Waals surface area contributed by atoms with Gasteiger partial charge in [-0.1, -0.05) is 12.8 Å². The van der Waals surface area contributed by atoms with Gasteiger partial charge in [0.25, 0.3) is 11.8 Å². The number of nitrogens with one attached hydrogen (secondary N) is 4. The highest BCUT2D eigenvalue weighted by molar-refractivity contribution is 5.95. The first-order valence-corrected chi connectivity index (χ1v) is 14.0. The molecule has 3 unspecified atom stereocenters. The number of piperidine rings is 1. The third-order valence-corrected chi connectivity index (χ3v) is 8.71. The number of alkyl halides is 2. The van der Waals surface area contributed by atoms with Crippen LogP contribution in [-0.4, -0.2) is 110 Å². The van der Waals surface area contributed by atoms with Crippen molar-refractivity contribution >= 4 is 17.5 Å². The van der Waals surface area contributed by atoms with Gasteiger partial charge in [0, 0.05) is 31.2 Å². The highest BCUT2D eigenvalue weighted by Gasteiger charge is 2.53.